The second kappa shape index (κ2) is 8.65. The molecular weight excluding hydrogens is 359 g/mol. The first-order valence-electron chi connectivity index (χ1n) is 9.27. The summed E-state index contributed by atoms with van der Waals surface area (Å²) in [5, 5.41) is 16.3. The molecule has 0 aliphatic carbocycles. The van der Waals surface area contributed by atoms with E-state index in [4.69, 9.17) is 5.11 Å². The van der Waals surface area contributed by atoms with Crippen LogP contribution >= 0.6 is 0 Å². The summed E-state index contributed by atoms with van der Waals surface area (Å²) in [6.07, 6.45) is 5.30. The lowest BCUT2D eigenvalue weighted by atomic mass is 9.89. The van der Waals surface area contributed by atoms with Crippen LogP contribution in [0.25, 0.3) is 0 Å². The minimum atomic E-state index is -1.16. The molecular formula is C21H23FN4O2. The second-order valence-electron chi connectivity index (χ2n) is 6.64. The lowest BCUT2D eigenvalue weighted by Gasteiger charge is -2.26. The molecule has 2 aromatic carbocycles. The summed E-state index contributed by atoms with van der Waals surface area (Å²) in [6.45, 7) is 4.33. The number of halogens is 1. The highest BCUT2D eigenvalue weighted by molar-refractivity contribution is 5.88. The van der Waals surface area contributed by atoms with Gasteiger partial charge in [-0.2, -0.15) is 5.10 Å². The van der Waals surface area contributed by atoms with Crippen LogP contribution in [0.1, 0.15) is 48.7 Å². The van der Waals surface area contributed by atoms with Gasteiger partial charge in [-0.05, 0) is 41.8 Å². The minimum Gasteiger partial charge on any atom is -0.478 e. The SMILES string of the molecule is CCC(CC)C(c1ccc(Nc2ccc(C(=O)O)cc2F)cc1)n1cncn1. The van der Waals surface area contributed by atoms with Gasteiger partial charge in [-0.3, -0.25) is 0 Å². The summed E-state index contributed by atoms with van der Waals surface area (Å²) in [5.74, 6) is -1.35. The van der Waals surface area contributed by atoms with E-state index in [0.29, 0.717) is 11.6 Å². The molecule has 3 rings (SSSR count). The van der Waals surface area contributed by atoms with Gasteiger partial charge < -0.3 is 10.4 Å². The molecule has 6 nitrogen and oxygen atoms in total. The van der Waals surface area contributed by atoms with Crippen LogP contribution in [0.4, 0.5) is 15.8 Å². The summed E-state index contributed by atoms with van der Waals surface area (Å²) in [5.41, 5.74) is 1.96. The second-order valence-corrected chi connectivity index (χ2v) is 6.64. The molecule has 1 unspecified atom stereocenters. The van der Waals surface area contributed by atoms with Crippen LogP contribution in [0, 0.1) is 11.7 Å². The molecule has 7 heteroatoms. The van der Waals surface area contributed by atoms with Crippen LogP contribution in [0.2, 0.25) is 0 Å². The van der Waals surface area contributed by atoms with E-state index < -0.39 is 11.8 Å². The highest BCUT2D eigenvalue weighted by Gasteiger charge is 2.23. The zero-order chi connectivity index (χ0) is 20.1. The van der Waals surface area contributed by atoms with E-state index in [1.165, 1.54) is 18.5 Å². The summed E-state index contributed by atoms with van der Waals surface area (Å²) >= 11 is 0. The Morgan fingerprint density at radius 1 is 1.18 bits per heavy atom. The predicted molar refractivity (Wildman–Crippen MR) is 105 cm³/mol. The number of carbonyl (C=O) groups is 1. The first-order valence-corrected chi connectivity index (χ1v) is 9.27. The maximum Gasteiger partial charge on any atom is 0.335 e. The number of hydrogen-bond acceptors (Lipinski definition) is 4. The topological polar surface area (TPSA) is 80.0 Å². The van der Waals surface area contributed by atoms with Gasteiger partial charge in [0.15, 0.2) is 0 Å². The standard InChI is InChI=1S/C21H23FN4O2/c1-3-14(4-2)20(26-13-23-12-24-26)15-5-8-17(9-6-15)25-19-10-7-16(21(27)28)11-18(19)22/h5-14,20,25H,3-4H2,1-2H3,(H,27,28). The summed E-state index contributed by atoms with van der Waals surface area (Å²) in [6, 6.07) is 11.6. The van der Waals surface area contributed by atoms with Gasteiger partial charge in [-0.15, -0.1) is 0 Å². The third-order valence-corrected chi connectivity index (χ3v) is 4.96. The quantitative estimate of drug-likeness (QED) is 0.580. The van der Waals surface area contributed by atoms with Crippen molar-refractivity contribution < 1.29 is 14.3 Å². The first kappa shape index (κ1) is 19.5. The number of carboxylic acid groups (broad SMARTS) is 1. The van der Waals surface area contributed by atoms with E-state index in [1.807, 2.05) is 28.9 Å². The van der Waals surface area contributed by atoms with Gasteiger partial charge in [0.05, 0.1) is 17.3 Å². The Bertz CT molecular complexity index is 922. The Balaban J connectivity index is 1.83. The van der Waals surface area contributed by atoms with Crippen molar-refractivity contribution in [3.05, 3.63) is 72.1 Å². The average molecular weight is 382 g/mol. The van der Waals surface area contributed by atoms with E-state index in [1.54, 1.807) is 6.33 Å². The van der Waals surface area contributed by atoms with Crippen LogP contribution < -0.4 is 5.32 Å². The van der Waals surface area contributed by atoms with Gasteiger partial charge in [0.2, 0.25) is 0 Å². The molecule has 0 aliphatic heterocycles. The molecule has 28 heavy (non-hydrogen) atoms. The highest BCUT2D eigenvalue weighted by Crippen LogP contribution is 2.32. The fourth-order valence-corrected chi connectivity index (χ4v) is 3.41. The number of nitrogens with one attached hydrogen (secondary N) is 1. The maximum atomic E-state index is 14.1. The van der Waals surface area contributed by atoms with Gasteiger partial charge in [-0.25, -0.2) is 18.9 Å². The number of hydrogen-bond donors (Lipinski definition) is 2. The zero-order valence-electron chi connectivity index (χ0n) is 15.8. The smallest absolute Gasteiger partial charge is 0.335 e. The van der Waals surface area contributed by atoms with Crippen LogP contribution in [0.5, 0.6) is 0 Å². The molecule has 0 aliphatic rings. The number of benzene rings is 2. The van der Waals surface area contributed by atoms with Crippen LogP contribution in [-0.4, -0.2) is 25.8 Å². The number of aromatic nitrogens is 3. The van der Waals surface area contributed by atoms with Crippen LogP contribution in [0.3, 0.4) is 0 Å². The third-order valence-electron chi connectivity index (χ3n) is 4.96. The molecule has 0 saturated heterocycles. The predicted octanol–water partition coefficient (Wildman–Crippen LogP) is 4.88. The van der Waals surface area contributed by atoms with Gasteiger partial charge in [0, 0.05) is 5.69 Å². The molecule has 0 radical (unpaired) electrons. The Labute approximate surface area is 163 Å². The lowest BCUT2D eigenvalue weighted by molar-refractivity contribution is 0.0696. The van der Waals surface area contributed by atoms with Crippen molar-refractivity contribution >= 4 is 17.3 Å². The average Bonchev–Trinajstić information content (AvgIpc) is 3.22. The first-order chi connectivity index (χ1) is 13.5. The van der Waals surface area contributed by atoms with Crippen LogP contribution in [-0.2, 0) is 0 Å². The van der Waals surface area contributed by atoms with Gasteiger partial charge in [-0.1, -0.05) is 38.8 Å². The van der Waals surface area contributed by atoms with Gasteiger partial charge >= 0.3 is 5.97 Å². The Kier molecular flexibility index (Phi) is 6.03. The zero-order valence-corrected chi connectivity index (χ0v) is 15.8. The fourth-order valence-electron chi connectivity index (χ4n) is 3.41. The van der Waals surface area contributed by atoms with Crippen molar-refractivity contribution in [1.29, 1.82) is 0 Å². The van der Waals surface area contributed by atoms with Gasteiger partial charge in [0.25, 0.3) is 0 Å². The van der Waals surface area contributed by atoms with Gasteiger partial charge in [0.1, 0.15) is 18.5 Å². The summed E-state index contributed by atoms with van der Waals surface area (Å²) < 4.78 is 16.0. The van der Waals surface area contributed by atoms with E-state index in [0.717, 1.165) is 24.5 Å². The number of aromatic carboxylic acids is 1. The van der Waals surface area contributed by atoms with Crippen molar-refractivity contribution in [2.24, 2.45) is 5.92 Å². The molecule has 0 saturated carbocycles. The number of rotatable bonds is 8. The van der Waals surface area contributed by atoms with Crippen molar-refractivity contribution in [3.63, 3.8) is 0 Å². The monoisotopic (exact) mass is 382 g/mol. The molecule has 3 aromatic rings. The minimum absolute atomic E-state index is 0.0816. The molecule has 1 atom stereocenters. The van der Waals surface area contributed by atoms with Crippen molar-refractivity contribution in [2.45, 2.75) is 32.7 Å². The van der Waals surface area contributed by atoms with E-state index in [2.05, 4.69) is 29.2 Å². The van der Waals surface area contributed by atoms with Crippen LogP contribution in [0.15, 0.2) is 55.1 Å². The normalized spacial score (nSPS) is 12.1. The molecule has 1 aromatic heterocycles. The maximum absolute atomic E-state index is 14.1. The number of anilines is 2. The molecule has 146 valence electrons. The van der Waals surface area contributed by atoms with E-state index in [9.17, 15) is 9.18 Å². The van der Waals surface area contributed by atoms with Crippen molar-refractivity contribution in [1.82, 2.24) is 14.8 Å². The third kappa shape index (κ3) is 4.19. The van der Waals surface area contributed by atoms with E-state index in [-0.39, 0.29) is 17.3 Å². The van der Waals surface area contributed by atoms with Crippen molar-refractivity contribution in [2.75, 3.05) is 5.32 Å². The molecule has 0 bridgehead atoms. The largest absolute Gasteiger partial charge is 0.478 e. The Morgan fingerprint density at radius 3 is 2.43 bits per heavy atom. The Hall–Kier alpha value is -3.22. The molecule has 2 N–H and O–H groups in total. The highest BCUT2D eigenvalue weighted by atomic mass is 19.1. The van der Waals surface area contributed by atoms with Crippen molar-refractivity contribution in [3.8, 4) is 0 Å². The van der Waals surface area contributed by atoms with E-state index >= 15 is 0 Å². The number of nitrogens with zero attached hydrogens (tertiary/aromatic N) is 3. The Morgan fingerprint density at radius 2 is 1.89 bits per heavy atom. The molecule has 0 fully saturated rings. The molecule has 0 spiro atoms. The number of carboxylic acids is 1. The molecule has 0 amide bonds. The fraction of sp³-hybridized carbons (Fsp3) is 0.286. The summed E-state index contributed by atoms with van der Waals surface area (Å²) in [4.78, 5) is 15.0. The molecule has 1 heterocycles. The lowest BCUT2D eigenvalue weighted by Crippen LogP contribution is -2.20. The summed E-state index contributed by atoms with van der Waals surface area (Å²) in [7, 11) is 0.